The Bertz CT molecular complexity index is 851. The van der Waals surface area contributed by atoms with Crippen molar-refractivity contribution in [2.24, 2.45) is 0 Å². The van der Waals surface area contributed by atoms with Gasteiger partial charge in [0.05, 0.1) is 43.2 Å². The topological polar surface area (TPSA) is 95.3 Å². The molecule has 160 valence electrons. The summed E-state index contributed by atoms with van der Waals surface area (Å²) in [4.78, 5) is 29.2. The number of carbonyl (C=O) groups excluding carboxylic acids is 2. The highest BCUT2D eigenvalue weighted by Gasteiger charge is 2.45. The number of β-amino-alcohol motifs (C(OH)–C–C–N with tert-alkyl or cyclic N) is 1. The van der Waals surface area contributed by atoms with Gasteiger partial charge in [0.1, 0.15) is 6.26 Å². The second-order valence-electron chi connectivity index (χ2n) is 7.80. The van der Waals surface area contributed by atoms with Crippen LogP contribution in [0.4, 0.5) is 0 Å². The molecule has 0 radical (unpaired) electrons. The molecule has 8 nitrogen and oxygen atoms in total. The molecule has 3 heterocycles. The minimum Gasteiger partial charge on any atom is -0.472 e. The van der Waals surface area contributed by atoms with Gasteiger partial charge in [-0.15, -0.1) is 0 Å². The van der Waals surface area contributed by atoms with Crippen molar-refractivity contribution in [3.05, 3.63) is 60.1 Å². The average molecular weight is 413 g/mol. The first-order valence-corrected chi connectivity index (χ1v) is 10.2. The number of likely N-dealkylation sites (tertiary alicyclic amines) is 1. The Labute approximate surface area is 175 Å². The van der Waals surface area contributed by atoms with Crippen molar-refractivity contribution >= 4 is 11.8 Å². The molecule has 4 rings (SSSR count). The molecule has 2 aromatic rings. The van der Waals surface area contributed by atoms with Gasteiger partial charge in [-0.05, 0) is 18.1 Å². The summed E-state index contributed by atoms with van der Waals surface area (Å²) in [5.74, 6) is -0.260. The second kappa shape index (κ2) is 8.99. The zero-order chi connectivity index (χ0) is 21.0. The summed E-state index contributed by atoms with van der Waals surface area (Å²) >= 11 is 0. The SMILES string of the molecule is O=C(N[C@@]1(c2ccccc2)CCN(CC(=O)N2CCOCC2)C[C@H]1O)c1ccoc1. The minimum atomic E-state index is -0.936. The number of benzene rings is 1. The summed E-state index contributed by atoms with van der Waals surface area (Å²) in [5, 5.41) is 14.2. The van der Waals surface area contributed by atoms with E-state index in [-0.39, 0.29) is 24.9 Å². The van der Waals surface area contributed by atoms with E-state index in [2.05, 4.69) is 5.32 Å². The molecule has 0 bridgehead atoms. The molecule has 2 atom stereocenters. The fourth-order valence-corrected chi connectivity index (χ4v) is 4.20. The monoisotopic (exact) mass is 413 g/mol. The van der Waals surface area contributed by atoms with Crippen LogP contribution in [-0.2, 0) is 15.1 Å². The van der Waals surface area contributed by atoms with E-state index in [0.717, 1.165) is 5.56 Å². The quantitative estimate of drug-likeness (QED) is 0.754. The van der Waals surface area contributed by atoms with Crippen molar-refractivity contribution in [3.63, 3.8) is 0 Å². The normalized spacial score (nSPS) is 25.1. The average Bonchev–Trinajstić information content (AvgIpc) is 3.32. The lowest BCUT2D eigenvalue weighted by Gasteiger charge is -2.46. The van der Waals surface area contributed by atoms with Gasteiger partial charge in [0, 0.05) is 26.2 Å². The molecule has 1 aromatic carbocycles. The van der Waals surface area contributed by atoms with Crippen LogP contribution in [0, 0.1) is 0 Å². The molecule has 1 aromatic heterocycles. The van der Waals surface area contributed by atoms with Gasteiger partial charge in [0.15, 0.2) is 0 Å². The van der Waals surface area contributed by atoms with Gasteiger partial charge in [0.2, 0.25) is 5.91 Å². The molecule has 2 N–H and O–H groups in total. The van der Waals surface area contributed by atoms with Gasteiger partial charge in [-0.25, -0.2) is 0 Å². The lowest BCUT2D eigenvalue weighted by atomic mass is 9.78. The van der Waals surface area contributed by atoms with Crippen LogP contribution in [0.25, 0.3) is 0 Å². The van der Waals surface area contributed by atoms with Gasteiger partial charge in [-0.3, -0.25) is 14.5 Å². The Morgan fingerprint density at radius 1 is 1.13 bits per heavy atom. The lowest BCUT2D eigenvalue weighted by molar-refractivity contribution is -0.137. The van der Waals surface area contributed by atoms with Crippen molar-refractivity contribution in [1.82, 2.24) is 15.1 Å². The fourth-order valence-electron chi connectivity index (χ4n) is 4.20. The van der Waals surface area contributed by atoms with Gasteiger partial charge in [-0.2, -0.15) is 0 Å². The third-order valence-electron chi connectivity index (χ3n) is 5.95. The number of hydrogen-bond acceptors (Lipinski definition) is 6. The van der Waals surface area contributed by atoms with Gasteiger partial charge in [0.25, 0.3) is 5.91 Å². The number of furan rings is 1. The van der Waals surface area contributed by atoms with E-state index < -0.39 is 11.6 Å². The maximum absolute atomic E-state index is 12.8. The Hall–Kier alpha value is -2.68. The Kier molecular flexibility index (Phi) is 6.17. The van der Waals surface area contributed by atoms with E-state index in [1.165, 1.54) is 12.5 Å². The predicted molar refractivity (Wildman–Crippen MR) is 109 cm³/mol. The van der Waals surface area contributed by atoms with Crippen LogP contribution in [-0.4, -0.2) is 78.8 Å². The maximum atomic E-state index is 12.8. The highest BCUT2D eigenvalue weighted by atomic mass is 16.5. The van der Waals surface area contributed by atoms with Crippen LogP contribution < -0.4 is 5.32 Å². The van der Waals surface area contributed by atoms with E-state index in [0.29, 0.717) is 44.8 Å². The first-order valence-electron chi connectivity index (χ1n) is 10.2. The van der Waals surface area contributed by atoms with Gasteiger partial charge in [-0.1, -0.05) is 30.3 Å². The van der Waals surface area contributed by atoms with E-state index in [9.17, 15) is 14.7 Å². The fraction of sp³-hybridized carbons (Fsp3) is 0.455. The molecule has 2 aliphatic heterocycles. The first-order chi connectivity index (χ1) is 14.6. The van der Waals surface area contributed by atoms with Gasteiger partial charge >= 0.3 is 0 Å². The van der Waals surface area contributed by atoms with Crippen LogP contribution in [0.2, 0.25) is 0 Å². The number of piperidine rings is 1. The van der Waals surface area contributed by atoms with E-state index in [1.54, 1.807) is 11.0 Å². The number of aliphatic hydroxyl groups excluding tert-OH is 1. The standard InChI is InChI=1S/C22H27N3O5/c26-19-14-24(15-20(27)25-9-12-29-13-10-25)8-7-22(19,18-4-2-1-3-5-18)23-21(28)17-6-11-30-16-17/h1-6,11,16,19,26H,7-10,12-15H2,(H,23,28)/t19-,22-/m1/s1. The predicted octanol–water partition coefficient (Wildman–Crippen LogP) is 0.830. The largest absolute Gasteiger partial charge is 0.472 e. The Balaban J connectivity index is 1.49. The molecule has 0 unspecified atom stereocenters. The van der Waals surface area contributed by atoms with E-state index >= 15 is 0 Å². The molecular weight excluding hydrogens is 386 g/mol. The molecule has 8 heteroatoms. The third kappa shape index (κ3) is 4.26. The Morgan fingerprint density at radius 3 is 2.57 bits per heavy atom. The number of nitrogens with one attached hydrogen (secondary N) is 1. The van der Waals surface area contributed by atoms with Crippen molar-refractivity contribution in [3.8, 4) is 0 Å². The zero-order valence-corrected chi connectivity index (χ0v) is 16.8. The third-order valence-corrected chi connectivity index (χ3v) is 5.95. The summed E-state index contributed by atoms with van der Waals surface area (Å²) in [6.07, 6.45) is 2.44. The molecule has 2 amide bonds. The highest BCUT2D eigenvalue weighted by Crippen LogP contribution is 2.34. The number of ether oxygens (including phenoxy) is 1. The summed E-state index contributed by atoms with van der Waals surface area (Å²) in [6.45, 7) is 3.44. The molecule has 2 aliphatic rings. The van der Waals surface area contributed by atoms with Gasteiger partial charge < -0.3 is 24.5 Å². The number of amides is 2. The molecule has 2 fully saturated rings. The summed E-state index contributed by atoms with van der Waals surface area (Å²) < 4.78 is 10.3. The number of nitrogens with zero attached hydrogens (tertiary/aromatic N) is 2. The smallest absolute Gasteiger partial charge is 0.255 e. The van der Waals surface area contributed by atoms with Crippen LogP contribution in [0.1, 0.15) is 22.3 Å². The molecular formula is C22H27N3O5. The van der Waals surface area contributed by atoms with Crippen molar-refractivity contribution < 1.29 is 23.8 Å². The summed E-state index contributed by atoms with van der Waals surface area (Å²) in [6, 6.07) is 11.1. The maximum Gasteiger partial charge on any atom is 0.255 e. The van der Waals surface area contributed by atoms with E-state index in [1.807, 2.05) is 35.2 Å². The molecule has 0 aliphatic carbocycles. The molecule has 0 saturated carbocycles. The Morgan fingerprint density at radius 2 is 1.90 bits per heavy atom. The zero-order valence-electron chi connectivity index (χ0n) is 16.8. The molecule has 2 saturated heterocycles. The van der Waals surface area contributed by atoms with Crippen molar-refractivity contribution in [2.75, 3.05) is 45.9 Å². The second-order valence-corrected chi connectivity index (χ2v) is 7.80. The highest BCUT2D eigenvalue weighted by molar-refractivity contribution is 5.94. The number of hydrogen-bond donors (Lipinski definition) is 2. The number of rotatable bonds is 5. The lowest BCUT2D eigenvalue weighted by Crippen LogP contribution is -2.62. The summed E-state index contributed by atoms with van der Waals surface area (Å²) in [7, 11) is 0. The van der Waals surface area contributed by atoms with Crippen LogP contribution in [0.3, 0.4) is 0 Å². The molecule has 30 heavy (non-hydrogen) atoms. The van der Waals surface area contributed by atoms with Crippen molar-refractivity contribution in [2.45, 2.75) is 18.1 Å². The summed E-state index contributed by atoms with van der Waals surface area (Å²) in [5.41, 5.74) is 0.310. The van der Waals surface area contributed by atoms with Crippen LogP contribution in [0.15, 0.2) is 53.3 Å². The first kappa shape index (κ1) is 20.6. The number of morpholine rings is 1. The van der Waals surface area contributed by atoms with E-state index in [4.69, 9.17) is 9.15 Å². The van der Waals surface area contributed by atoms with Crippen LogP contribution >= 0.6 is 0 Å². The minimum absolute atomic E-state index is 0.0418. The number of aliphatic hydroxyl groups is 1. The van der Waals surface area contributed by atoms with Crippen LogP contribution in [0.5, 0.6) is 0 Å². The molecule has 0 spiro atoms. The number of carbonyl (C=O) groups is 2. The van der Waals surface area contributed by atoms with Crippen molar-refractivity contribution in [1.29, 1.82) is 0 Å².